The van der Waals surface area contributed by atoms with Crippen LogP contribution in [0.15, 0.2) is 54.6 Å². The molecule has 1 heteroatoms. The summed E-state index contributed by atoms with van der Waals surface area (Å²) in [7, 11) is 0. The van der Waals surface area contributed by atoms with E-state index in [4.69, 9.17) is 0 Å². The number of nitrogens with one attached hydrogen (secondary N) is 1. The van der Waals surface area contributed by atoms with Gasteiger partial charge in [-0.25, -0.2) is 0 Å². The van der Waals surface area contributed by atoms with Gasteiger partial charge in [0.15, 0.2) is 0 Å². The van der Waals surface area contributed by atoms with E-state index in [2.05, 4.69) is 59.9 Å². The van der Waals surface area contributed by atoms with Crippen molar-refractivity contribution in [2.24, 2.45) is 5.92 Å². The summed E-state index contributed by atoms with van der Waals surface area (Å²) in [6.07, 6.45) is 5.08. The normalized spacial score (nSPS) is 28.5. The van der Waals surface area contributed by atoms with Crippen LogP contribution in [-0.2, 0) is 12.8 Å². The molecule has 2 aromatic carbocycles. The average Bonchev–Trinajstić information content (AvgIpc) is 2.48. The van der Waals surface area contributed by atoms with Gasteiger partial charge in [0.05, 0.1) is 0 Å². The fourth-order valence-corrected chi connectivity index (χ4v) is 3.97. The first-order valence-electron chi connectivity index (χ1n) is 7.78. The highest BCUT2D eigenvalue weighted by Gasteiger charge is 2.33. The smallest absolute Gasteiger partial charge is 0.0354 e. The lowest BCUT2D eigenvalue weighted by Crippen LogP contribution is -2.45. The number of piperidine rings is 1. The maximum Gasteiger partial charge on any atom is 0.0354 e. The molecule has 0 aromatic heterocycles. The van der Waals surface area contributed by atoms with Gasteiger partial charge >= 0.3 is 0 Å². The summed E-state index contributed by atoms with van der Waals surface area (Å²) in [6, 6.07) is 21.2. The summed E-state index contributed by atoms with van der Waals surface area (Å²) in [5.74, 6) is 0.732. The van der Waals surface area contributed by atoms with E-state index in [1.165, 1.54) is 31.2 Å². The fourth-order valence-electron chi connectivity index (χ4n) is 3.97. The third kappa shape index (κ3) is 2.16. The van der Waals surface area contributed by atoms with Crippen molar-refractivity contribution in [3.8, 4) is 0 Å². The second kappa shape index (κ2) is 5.06. The van der Waals surface area contributed by atoms with E-state index in [0.29, 0.717) is 12.1 Å². The minimum absolute atomic E-state index is 0.531. The number of fused-ring (bicyclic) bond motifs is 2. The van der Waals surface area contributed by atoms with Crippen LogP contribution in [0.1, 0.15) is 35.6 Å². The fraction of sp³-hybridized carbons (Fsp3) is 0.368. The molecule has 102 valence electrons. The molecular formula is C19H21N. The summed E-state index contributed by atoms with van der Waals surface area (Å²) in [4.78, 5) is 0. The van der Waals surface area contributed by atoms with Crippen molar-refractivity contribution < 1.29 is 0 Å². The SMILES string of the molecule is c1ccc([C@H]2N[C@H]3CC[C@@H]2Cc2ccccc2C3)cc1. The van der Waals surface area contributed by atoms with Gasteiger partial charge in [-0.15, -0.1) is 0 Å². The molecule has 3 aliphatic rings. The van der Waals surface area contributed by atoms with E-state index in [-0.39, 0.29) is 0 Å². The summed E-state index contributed by atoms with van der Waals surface area (Å²) >= 11 is 0. The van der Waals surface area contributed by atoms with Gasteiger partial charge in [0.2, 0.25) is 0 Å². The first-order valence-corrected chi connectivity index (χ1v) is 7.78. The summed E-state index contributed by atoms with van der Waals surface area (Å²) in [6.45, 7) is 0. The van der Waals surface area contributed by atoms with Crippen LogP contribution in [0.25, 0.3) is 0 Å². The molecular weight excluding hydrogens is 242 g/mol. The monoisotopic (exact) mass is 263 g/mol. The van der Waals surface area contributed by atoms with E-state index in [1.807, 2.05) is 0 Å². The van der Waals surface area contributed by atoms with Gasteiger partial charge in [-0.1, -0.05) is 54.6 Å². The Morgan fingerprint density at radius 2 is 1.45 bits per heavy atom. The molecule has 1 nitrogen and oxygen atoms in total. The molecule has 0 amide bonds. The van der Waals surface area contributed by atoms with Crippen molar-refractivity contribution in [3.63, 3.8) is 0 Å². The Hall–Kier alpha value is -1.60. The second-order valence-corrected chi connectivity index (χ2v) is 6.27. The molecule has 0 unspecified atom stereocenters. The lowest BCUT2D eigenvalue weighted by molar-refractivity contribution is 0.221. The first kappa shape index (κ1) is 12.2. The predicted molar refractivity (Wildman–Crippen MR) is 82.7 cm³/mol. The van der Waals surface area contributed by atoms with Crippen LogP contribution >= 0.6 is 0 Å². The molecule has 3 atom stereocenters. The van der Waals surface area contributed by atoms with Crippen molar-refractivity contribution in [1.29, 1.82) is 0 Å². The van der Waals surface area contributed by atoms with Crippen LogP contribution in [-0.4, -0.2) is 6.04 Å². The molecule has 1 aliphatic carbocycles. The lowest BCUT2D eigenvalue weighted by Gasteiger charge is -2.41. The number of rotatable bonds is 1. The molecule has 1 saturated heterocycles. The van der Waals surface area contributed by atoms with Crippen molar-refractivity contribution in [1.82, 2.24) is 5.32 Å². The Bertz CT molecular complexity index is 590. The average molecular weight is 263 g/mol. The first-order chi connectivity index (χ1) is 9.90. The van der Waals surface area contributed by atoms with Gasteiger partial charge in [-0.2, -0.15) is 0 Å². The lowest BCUT2D eigenvalue weighted by atomic mass is 9.75. The standard InChI is InChI=1S/C19H21N/c1-2-6-14(7-3-1)19-17-10-11-18(20-19)13-16-9-5-4-8-15(16)12-17/h1-9,17-20H,10-13H2/t17-,18+,19-/m1/s1. The zero-order valence-electron chi connectivity index (χ0n) is 11.8. The number of benzene rings is 2. The summed E-state index contributed by atoms with van der Waals surface area (Å²) in [5, 5.41) is 3.91. The Kier molecular flexibility index (Phi) is 3.08. The Morgan fingerprint density at radius 3 is 2.25 bits per heavy atom. The van der Waals surface area contributed by atoms with Gasteiger partial charge in [0, 0.05) is 12.1 Å². The quantitative estimate of drug-likeness (QED) is 0.823. The van der Waals surface area contributed by atoms with Crippen molar-refractivity contribution >= 4 is 0 Å². The van der Waals surface area contributed by atoms with E-state index in [1.54, 1.807) is 11.1 Å². The van der Waals surface area contributed by atoms with Gasteiger partial charge < -0.3 is 5.32 Å². The minimum atomic E-state index is 0.531. The van der Waals surface area contributed by atoms with E-state index >= 15 is 0 Å². The van der Waals surface area contributed by atoms with Crippen LogP contribution in [0, 0.1) is 5.92 Å². The largest absolute Gasteiger partial charge is 0.307 e. The van der Waals surface area contributed by atoms with Gasteiger partial charge in [0.1, 0.15) is 0 Å². The van der Waals surface area contributed by atoms with Crippen molar-refractivity contribution in [2.45, 2.75) is 37.8 Å². The number of hydrogen-bond donors (Lipinski definition) is 1. The van der Waals surface area contributed by atoms with Crippen LogP contribution in [0.3, 0.4) is 0 Å². The summed E-state index contributed by atoms with van der Waals surface area (Å²) in [5.41, 5.74) is 4.59. The summed E-state index contributed by atoms with van der Waals surface area (Å²) < 4.78 is 0. The third-order valence-electron chi connectivity index (χ3n) is 5.00. The molecule has 0 radical (unpaired) electrons. The molecule has 1 N–H and O–H groups in total. The predicted octanol–water partition coefficient (Wildman–Crippen LogP) is 3.89. The molecule has 0 spiro atoms. The highest BCUT2D eigenvalue weighted by Crippen LogP contribution is 2.37. The molecule has 20 heavy (non-hydrogen) atoms. The van der Waals surface area contributed by atoms with E-state index < -0.39 is 0 Å². The molecule has 2 aromatic rings. The molecule has 5 rings (SSSR count). The van der Waals surface area contributed by atoms with E-state index in [9.17, 15) is 0 Å². The Morgan fingerprint density at radius 1 is 0.750 bits per heavy atom. The topological polar surface area (TPSA) is 12.0 Å². The van der Waals surface area contributed by atoms with Crippen LogP contribution in [0.5, 0.6) is 0 Å². The molecule has 2 heterocycles. The van der Waals surface area contributed by atoms with Crippen LogP contribution in [0.2, 0.25) is 0 Å². The highest BCUT2D eigenvalue weighted by atomic mass is 15.0. The molecule has 0 saturated carbocycles. The number of hydrogen-bond acceptors (Lipinski definition) is 1. The highest BCUT2D eigenvalue weighted by molar-refractivity contribution is 5.31. The van der Waals surface area contributed by atoms with Crippen LogP contribution in [0.4, 0.5) is 0 Å². The maximum absolute atomic E-state index is 3.91. The Balaban J connectivity index is 1.70. The van der Waals surface area contributed by atoms with Gasteiger partial charge in [0.25, 0.3) is 0 Å². The minimum Gasteiger partial charge on any atom is -0.307 e. The van der Waals surface area contributed by atoms with E-state index in [0.717, 1.165) is 5.92 Å². The molecule has 2 aliphatic heterocycles. The second-order valence-electron chi connectivity index (χ2n) is 6.27. The zero-order chi connectivity index (χ0) is 13.4. The van der Waals surface area contributed by atoms with Crippen LogP contribution < -0.4 is 5.32 Å². The zero-order valence-corrected chi connectivity index (χ0v) is 11.8. The third-order valence-corrected chi connectivity index (χ3v) is 5.00. The van der Waals surface area contributed by atoms with Gasteiger partial charge in [-0.05, 0) is 48.3 Å². The van der Waals surface area contributed by atoms with Gasteiger partial charge in [-0.3, -0.25) is 0 Å². The molecule has 2 bridgehead atoms. The van der Waals surface area contributed by atoms with Crippen molar-refractivity contribution in [3.05, 3.63) is 71.3 Å². The molecule has 1 fully saturated rings. The Labute approximate surface area is 121 Å². The van der Waals surface area contributed by atoms with Crippen molar-refractivity contribution in [2.75, 3.05) is 0 Å². The maximum atomic E-state index is 3.91.